The largest absolute Gasteiger partial charge is 0.493 e. The van der Waals surface area contributed by atoms with Crippen molar-refractivity contribution in [3.8, 4) is 11.5 Å². The smallest absolute Gasteiger partial charge is 0.414 e. The van der Waals surface area contributed by atoms with Gasteiger partial charge in [0.1, 0.15) is 6.10 Å². The summed E-state index contributed by atoms with van der Waals surface area (Å²) in [6.07, 6.45) is -0.889. The Kier molecular flexibility index (Phi) is 5.26. The van der Waals surface area contributed by atoms with Crippen molar-refractivity contribution in [1.29, 1.82) is 0 Å². The molecule has 0 aliphatic carbocycles. The Hall–Kier alpha value is -3.22. The number of cyclic esters (lactones) is 1. The van der Waals surface area contributed by atoms with E-state index in [2.05, 4.69) is 5.32 Å². The molecule has 2 amide bonds. The molecule has 1 aliphatic heterocycles. The lowest BCUT2D eigenvalue weighted by Crippen LogP contribution is -2.34. The van der Waals surface area contributed by atoms with Crippen molar-refractivity contribution in [1.82, 2.24) is 5.32 Å². The topological polar surface area (TPSA) is 77.1 Å². The molecule has 0 radical (unpaired) electrons. The molecule has 7 heteroatoms. The fraction of sp³-hybridized carbons (Fsp3) is 0.263. The molecule has 1 aliphatic rings. The van der Waals surface area contributed by atoms with Gasteiger partial charge >= 0.3 is 6.09 Å². The van der Waals surface area contributed by atoms with Crippen molar-refractivity contribution >= 4 is 17.7 Å². The molecule has 0 saturated carbocycles. The fourth-order valence-electron chi connectivity index (χ4n) is 2.73. The molecule has 1 fully saturated rings. The first-order valence-electron chi connectivity index (χ1n) is 8.16. The summed E-state index contributed by atoms with van der Waals surface area (Å²) in [5.74, 6) is 0.903. The van der Waals surface area contributed by atoms with Crippen LogP contribution in [0.25, 0.3) is 0 Å². The maximum atomic E-state index is 12.2. The lowest BCUT2D eigenvalue weighted by Gasteiger charge is -2.15. The second-order valence-electron chi connectivity index (χ2n) is 5.73. The highest BCUT2D eigenvalue weighted by Crippen LogP contribution is 2.33. The van der Waals surface area contributed by atoms with E-state index in [1.807, 2.05) is 6.07 Å². The minimum Gasteiger partial charge on any atom is -0.493 e. The molecule has 1 heterocycles. The molecule has 1 atom stereocenters. The molecule has 0 aromatic heterocycles. The summed E-state index contributed by atoms with van der Waals surface area (Å²) in [6.45, 7) is 0.576. The van der Waals surface area contributed by atoms with E-state index in [0.717, 1.165) is 0 Å². The van der Waals surface area contributed by atoms with Gasteiger partial charge in [-0.3, -0.25) is 9.69 Å². The number of hydrogen-bond donors (Lipinski definition) is 1. The van der Waals surface area contributed by atoms with Gasteiger partial charge in [-0.2, -0.15) is 0 Å². The van der Waals surface area contributed by atoms with Gasteiger partial charge in [-0.25, -0.2) is 4.79 Å². The first-order valence-corrected chi connectivity index (χ1v) is 8.16. The summed E-state index contributed by atoms with van der Waals surface area (Å²) in [5.41, 5.74) is 1.21. The predicted octanol–water partition coefficient (Wildman–Crippen LogP) is 2.46. The zero-order chi connectivity index (χ0) is 18.5. The molecule has 26 heavy (non-hydrogen) atoms. The number of anilines is 1. The van der Waals surface area contributed by atoms with Crippen molar-refractivity contribution in [3.05, 3.63) is 54.1 Å². The highest BCUT2D eigenvalue weighted by molar-refractivity contribution is 5.94. The maximum Gasteiger partial charge on any atom is 0.414 e. The lowest BCUT2D eigenvalue weighted by atomic mass is 10.2. The third-order valence-corrected chi connectivity index (χ3v) is 4.08. The summed E-state index contributed by atoms with van der Waals surface area (Å²) in [6, 6.07) is 14.1. The molecule has 7 nitrogen and oxygen atoms in total. The number of carbonyl (C=O) groups is 2. The second-order valence-corrected chi connectivity index (χ2v) is 5.73. The molecule has 1 saturated heterocycles. The minimum atomic E-state index is -0.462. The number of ether oxygens (including phenoxy) is 3. The van der Waals surface area contributed by atoms with Crippen molar-refractivity contribution in [2.24, 2.45) is 0 Å². The van der Waals surface area contributed by atoms with Gasteiger partial charge in [-0.15, -0.1) is 0 Å². The number of nitrogens with one attached hydrogen (secondary N) is 1. The van der Waals surface area contributed by atoms with Gasteiger partial charge in [0, 0.05) is 11.6 Å². The third kappa shape index (κ3) is 3.72. The van der Waals surface area contributed by atoms with Crippen LogP contribution < -0.4 is 19.7 Å². The van der Waals surface area contributed by atoms with Crippen molar-refractivity contribution < 1.29 is 23.8 Å². The summed E-state index contributed by atoms with van der Waals surface area (Å²) < 4.78 is 15.8. The molecule has 2 aromatic rings. The number of hydrogen-bond acceptors (Lipinski definition) is 5. The summed E-state index contributed by atoms with van der Waals surface area (Å²) in [7, 11) is 3.08. The summed E-state index contributed by atoms with van der Waals surface area (Å²) >= 11 is 0. The average molecular weight is 356 g/mol. The van der Waals surface area contributed by atoms with E-state index in [9.17, 15) is 9.59 Å². The Morgan fingerprint density at radius 2 is 1.88 bits per heavy atom. The van der Waals surface area contributed by atoms with Gasteiger partial charge in [-0.1, -0.05) is 18.2 Å². The molecular formula is C19H20N2O5. The Labute approximate surface area is 151 Å². The normalized spacial score (nSPS) is 16.2. The van der Waals surface area contributed by atoms with Crippen LogP contribution in [0.3, 0.4) is 0 Å². The third-order valence-electron chi connectivity index (χ3n) is 4.08. The Balaban J connectivity index is 1.63. The fourth-order valence-corrected chi connectivity index (χ4v) is 2.73. The van der Waals surface area contributed by atoms with Crippen LogP contribution >= 0.6 is 0 Å². The molecular weight excluding hydrogens is 336 g/mol. The number of nitrogens with zero attached hydrogens (tertiary/aromatic N) is 1. The van der Waals surface area contributed by atoms with Gasteiger partial charge in [0.05, 0.1) is 33.0 Å². The van der Waals surface area contributed by atoms with Crippen molar-refractivity contribution in [2.45, 2.75) is 6.10 Å². The van der Waals surface area contributed by atoms with Crippen LogP contribution in [0, 0.1) is 0 Å². The van der Waals surface area contributed by atoms with Crippen LogP contribution in [-0.2, 0) is 4.74 Å². The number of amides is 2. The van der Waals surface area contributed by atoms with E-state index >= 15 is 0 Å². The van der Waals surface area contributed by atoms with Crippen molar-refractivity contribution in [2.75, 3.05) is 32.2 Å². The lowest BCUT2D eigenvalue weighted by molar-refractivity contribution is 0.0916. The molecule has 1 unspecified atom stereocenters. The van der Waals surface area contributed by atoms with Crippen molar-refractivity contribution in [3.63, 3.8) is 0 Å². The summed E-state index contributed by atoms with van der Waals surface area (Å²) in [5, 5.41) is 2.79. The first-order chi connectivity index (χ1) is 12.6. The standard InChI is InChI=1S/C19H20N2O5/c1-24-16-9-8-14(10-17(16)25-2)21-12-15(26-19(21)23)11-20-18(22)13-6-4-3-5-7-13/h3-10,15H,11-12H2,1-2H3,(H,20,22). The van der Waals surface area contributed by atoms with E-state index in [4.69, 9.17) is 14.2 Å². The molecule has 3 rings (SSSR count). The number of carbonyl (C=O) groups excluding carboxylic acids is 2. The van der Waals surface area contributed by atoms with Gasteiger partial charge < -0.3 is 19.5 Å². The highest BCUT2D eigenvalue weighted by atomic mass is 16.6. The van der Waals surface area contributed by atoms with Crippen LogP contribution in [0.4, 0.5) is 10.5 Å². The quantitative estimate of drug-likeness (QED) is 0.860. The number of methoxy groups -OCH3 is 2. The monoisotopic (exact) mass is 356 g/mol. The van der Waals surface area contributed by atoms with E-state index in [1.54, 1.807) is 49.6 Å². The Morgan fingerprint density at radius 3 is 2.58 bits per heavy atom. The van der Waals surface area contributed by atoms with Crippen LogP contribution in [0.15, 0.2) is 48.5 Å². The molecule has 0 bridgehead atoms. The first kappa shape index (κ1) is 17.6. The van der Waals surface area contributed by atoms with Crippen LogP contribution in [-0.4, -0.2) is 45.4 Å². The second kappa shape index (κ2) is 7.77. The van der Waals surface area contributed by atoms with E-state index in [-0.39, 0.29) is 12.5 Å². The maximum absolute atomic E-state index is 12.2. The molecule has 2 aromatic carbocycles. The van der Waals surface area contributed by atoms with E-state index < -0.39 is 12.2 Å². The van der Waals surface area contributed by atoms with Crippen LogP contribution in [0.2, 0.25) is 0 Å². The molecule has 1 N–H and O–H groups in total. The Morgan fingerprint density at radius 1 is 1.15 bits per heavy atom. The van der Waals surface area contributed by atoms with Crippen LogP contribution in [0.5, 0.6) is 11.5 Å². The average Bonchev–Trinajstić information content (AvgIpc) is 3.06. The minimum absolute atomic E-state index is 0.203. The zero-order valence-electron chi connectivity index (χ0n) is 14.6. The highest BCUT2D eigenvalue weighted by Gasteiger charge is 2.33. The van der Waals surface area contributed by atoms with E-state index in [0.29, 0.717) is 29.3 Å². The number of rotatable bonds is 6. The zero-order valence-corrected chi connectivity index (χ0v) is 14.6. The Bertz CT molecular complexity index is 794. The SMILES string of the molecule is COc1ccc(N2CC(CNC(=O)c3ccccc3)OC2=O)cc1OC. The van der Waals surface area contributed by atoms with Gasteiger partial charge in [0.2, 0.25) is 0 Å². The predicted molar refractivity (Wildman–Crippen MR) is 95.9 cm³/mol. The van der Waals surface area contributed by atoms with Gasteiger partial charge in [0.15, 0.2) is 11.5 Å². The molecule has 0 spiro atoms. The van der Waals surface area contributed by atoms with E-state index in [1.165, 1.54) is 12.0 Å². The summed E-state index contributed by atoms with van der Waals surface area (Å²) in [4.78, 5) is 25.8. The van der Waals surface area contributed by atoms with Gasteiger partial charge in [0.25, 0.3) is 5.91 Å². The number of benzene rings is 2. The van der Waals surface area contributed by atoms with Gasteiger partial charge in [-0.05, 0) is 24.3 Å². The van der Waals surface area contributed by atoms with Crippen LogP contribution in [0.1, 0.15) is 10.4 Å². The molecule has 136 valence electrons.